The van der Waals surface area contributed by atoms with Crippen molar-refractivity contribution >= 4 is 62.3 Å². The second-order valence-electron chi connectivity index (χ2n) is 5.89. The molecule has 2 aromatic rings. The predicted octanol–water partition coefficient (Wildman–Crippen LogP) is 4.11. The highest BCUT2D eigenvalue weighted by Crippen LogP contribution is 2.46. The lowest BCUT2D eigenvalue weighted by atomic mass is 10.1. The summed E-state index contributed by atoms with van der Waals surface area (Å²) >= 11 is 10.6. The first-order chi connectivity index (χ1) is 12.5. The first-order valence-corrected chi connectivity index (χ1v) is 10.00. The van der Waals surface area contributed by atoms with E-state index in [4.69, 9.17) is 12.2 Å². The zero-order chi connectivity index (χ0) is 18.4. The molecule has 132 valence electrons. The molecule has 0 radical (unpaired) electrons. The summed E-state index contributed by atoms with van der Waals surface area (Å²) in [6, 6.07) is 13.6. The minimum absolute atomic E-state index is 0.0350. The fourth-order valence-electron chi connectivity index (χ4n) is 3.17. The smallest absolute Gasteiger partial charge is 0.269 e. The Morgan fingerprint density at radius 2 is 1.96 bits per heavy atom. The van der Waals surface area contributed by atoms with Gasteiger partial charge in [0.05, 0.1) is 10.6 Å². The van der Waals surface area contributed by atoms with Crippen LogP contribution in [0.25, 0.3) is 0 Å². The van der Waals surface area contributed by atoms with Crippen LogP contribution >= 0.6 is 39.9 Å². The molecule has 0 spiro atoms. The van der Waals surface area contributed by atoms with E-state index in [2.05, 4.69) is 15.9 Å². The predicted molar refractivity (Wildman–Crippen MR) is 108 cm³/mol. The lowest BCUT2D eigenvalue weighted by Crippen LogP contribution is -2.33. The molecule has 2 saturated heterocycles. The summed E-state index contributed by atoms with van der Waals surface area (Å²) in [7, 11) is 0. The summed E-state index contributed by atoms with van der Waals surface area (Å²) in [5.41, 5.74) is 1.53. The summed E-state index contributed by atoms with van der Waals surface area (Å²) in [6.07, 6.45) is 0. The minimum Gasteiger partial charge on any atom is -0.319 e. The van der Waals surface area contributed by atoms with Gasteiger partial charge >= 0.3 is 0 Å². The summed E-state index contributed by atoms with van der Waals surface area (Å²) in [6.45, 7) is 0. The van der Waals surface area contributed by atoms with Crippen molar-refractivity contribution in [3.05, 3.63) is 68.7 Å². The normalized spacial score (nSPS) is 22.0. The van der Waals surface area contributed by atoms with Gasteiger partial charge in [0.2, 0.25) is 0 Å². The third kappa shape index (κ3) is 2.80. The number of carbonyl (C=O) groups excluding carboxylic acids is 1. The SMILES string of the molecule is O=C1[C@@H]2CS[C@@H](c3cccc([N+](=O)[O-])c3)N2C(=S)N1c1ccc(Br)cc1. The molecule has 6 nitrogen and oxygen atoms in total. The molecule has 1 amide bonds. The molecule has 0 aromatic heterocycles. The number of thioether (sulfide) groups is 1. The molecular weight excluding hydrogens is 438 g/mol. The van der Waals surface area contributed by atoms with E-state index in [0.29, 0.717) is 10.9 Å². The van der Waals surface area contributed by atoms with Crippen molar-refractivity contribution in [2.45, 2.75) is 11.4 Å². The number of nitro benzene ring substituents is 1. The maximum absolute atomic E-state index is 12.9. The van der Waals surface area contributed by atoms with Crippen molar-refractivity contribution in [2.75, 3.05) is 10.7 Å². The Balaban J connectivity index is 1.68. The van der Waals surface area contributed by atoms with Crippen LogP contribution in [-0.2, 0) is 4.79 Å². The van der Waals surface area contributed by atoms with E-state index >= 15 is 0 Å². The van der Waals surface area contributed by atoms with Crippen molar-refractivity contribution < 1.29 is 9.72 Å². The van der Waals surface area contributed by atoms with Gasteiger partial charge in [-0.1, -0.05) is 28.1 Å². The Hall–Kier alpha value is -1.97. The van der Waals surface area contributed by atoms with E-state index in [9.17, 15) is 14.9 Å². The molecule has 0 unspecified atom stereocenters. The third-order valence-electron chi connectivity index (χ3n) is 4.37. The number of hydrogen-bond acceptors (Lipinski definition) is 5. The Morgan fingerprint density at radius 1 is 1.23 bits per heavy atom. The van der Waals surface area contributed by atoms with Gasteiger partial charge in [-0.25, -0.2) is 0 Å². The van der Waals surface area contributed by atoms with Gasteiger partial charge in [-0.15, -0.1) is 11.8 Å². The van der Waals surface area contributed by atoms with E-state index in [1.54, 1.807) is 28.8 Å². The number of halogens is 1. The van der Waals surface area contributed by atoms with Gasteiger partial charge in [-0.3, -0.25) is 19.8 Å². The number of benzene rings is 2. The quantitative estimate of drug-likeness (QED) is 0.399. The highest BCUT2D eigenvalue weighted by molar-refractivity contribution is 9.10. The van der Waals surface area contributed by atoms with Crippen LogP contribution in [0.2, 0.25) is 0 Å². The number of nitro groups is 1. The van der Waals surface area contributed by atoms with Crippen molar-refractivity contribution in [2.24, 2.45) is 0 Å². The Kier molecular flexibility index (Phi) is 4.45. The molecule has 0 N–H and O–H groups in total. The van der Waals surface area contributed by atoms with Gasteiger partial charge in [0, 0.05) is 22.4 Å². The van der Waals surface area contributed by atoms with E-state index in [0.717, 1.165) is 15.7 Å². The molecule has 0 aliphatic carbocycles. The maximum Gasteiger partial charge on any atom is 0.269 e. The van der Waals surface area contributed by atoms with Crippen LogP contribution in [0.4, 0.5) is 11.4 Å². The van der Waals surface area contributed by atoms with Gasteiger partial charge in [-0.2, -0.15) is 0 Å². The second kappa shape index (κ2) is 6.64. The topological polar surface area (TPSA) is 66.7 Å². The number of anilines is 1. The number of thiocarbonyl (C=S) groups is 1. The molecule has 2 atom stereocenters. The number of rotatable bonds is 3. The van der Waals surface area contributed by atoms with Crippen molar-refractivity contribution in [3.63, 3.8) is 0 Å². The van der Waals surface area contributed by atoms with Gasteiger partial charge in [0.15, 0.2) is 5.11 Å². The summed E-state index contributed by atoms with van der Waals surface area (Å²) in [5.74, 6) is 0.539. The lowest BCUT2D eigenvalue weighted by molar-refractivity contribution is -0.384. The van der Waals surface area contributed by atoms with Crippen LogP contribution in [0.1, 0.15) is 10.9 Å². The third-order valence-corrected chi connectivity index (χ3v) is 6.61. The van der Waals surface area contributed by atoms with E-state index in [-0.39, 0.29) is 23.0 Å². The molecular formula is C17H12BrN3O3S2. The fourth-order valence-corrected chi connectivity index (χ4v) is 5.34. The molecule has 0 saturated carbocycles. The van der Waals surface area contributed by atoms with Crippen LogP contribution in [0, 0.1) is 10.1 Å². The molecule has 0 bridgehead atoms. The van der Waals surface area contributed by atoms with Crippen LogP contribution in [0.5, 0.6) is 0 Å². The van der Waals surface area contributed by atoms with Gasteiger partial charge in [-0.05, 0) is 42.0 Å². The number of nitrogens with zero attached hydrogens (tertiary/aromatic N) is 3. The number of non-ortho nitro benzene ring substituents is 1. The molecule has 2 aromatic carbocycles. The van der Waals surface area contributed by atoms with Gasteiger partial charge in [0.25, 0.3) is 11.6 Å². The van der Waals surface area contributed by atoms with Crippen molar-refractivity contribution in [3.8, 4) is 0 Å². The average molecular weight is 450 g/mol. The van der Waals surface area contributed by atoms with Crippen molar-refractivity contribution in [1.29, 1.82) is 0 Å². The highest BCUT2D eigenvalue weighted by atomic mass is 79.9. The van der Waals surface area contributed by atoms with E-state index < -0.39 is 4.92 Å². The summed E-state index contributed by atoms with van der Waals surface area (Å²) in [4.78, 5) is 27.0. The number of carbonyl (C=O) groups is 1. The minimum atomic E-state index is -0.414. The Labute approximate surface area is 167 Å². The maximum atomic E-state index is 12.9. The molecule has 4 rings (SSSR count). The summed E-state index contributed by atoms with van der Waals surface area (Å²) < 4.78 is 0.921. The van der Waals surface area contributed by atoms with Gasteiger partial charge in [0.1, 0.15) is 11.4 Å². The van der Waals surface area contributed by atoms with Crippen LogP contribution in [0.15, 0.2) is 53.0 Å². The molecule has 2 aliphatic heterocycles. The highest BCUT2D eigenvalue weighted by Gasteiger charge is 2.50. The molecule has 2 fully saturated rings. The van der Waals surface area contributed by atoms with Crippen molar-refractivity contribution in [1.82, 2.24) is 4.90 Å². The Morgan fingerprint density at radius 3 is 2.65 bits per heavy atom. The molecule has 2 heterocycles. The average Bonchev–Trinajstić information content (AvgIpc) is 3.17. The Bertz CT molecular complexity index is 922. The van der Waals surface area contributed by atoms with Crippen LogP contribution < -0.4 is 4.90 Å². The van der Waals surface area contributed by atoms with E-state index in [1.807, 2.05) is 35.2 Å². The van der Waals surface area contributed by atoms with Crippen LogP contribution in [0.3, 0.4) is 0 Å². The van der Waals surface area contributed by atoms with Gasteiger partial charge < -0.3 is 4.90 Å². The van der Waals surface area contributed by atoms with Crippen LogP contribution in [-0.4, -0.2) is 32.6 Å². The molecule has 2 aliphatic rings. The molecule has 26 heavy (non-hydrogen) atoms. The lowest BCUT2D eigenvalue weighted by Gasteiger charge is -2.25. The zero-order valence-corrected chi connectivity index (χ0v) is 16.5. The largest absolute Gasteiger partial charge is 0.319 e. The first-order valence-electron chi connectivity index (χ1n) is 7.75. The number of hydrogen-bond donors (Lipinski definition) is 0. The number of amides is 1. The second-order valence-corrected chi connectivity index (χ2v) is 8.29. The molecule has 9 heteroatoms. The standard InChI is InChI=1S/C17H12BrN3O3S2/c18-11-4-6-12(7-5-11)19-15(22)14-9-26-16(20(14)17(19)25)10-2-1-3-13(8-10)21(23)24/h1-8,14,16H,9H2/t14-,16-/m0/s1. The summed E-state index contributed by atoms with van der Waals surface area (Å²) in [5, 5.41) is 11.3. The zero-order valence-electron chi connectivity index (χ0n) is 13.2. The first kappa shape index (κ1) is 17.4. The monoisotopic (exact) mass is 449 g/mol. The van der Waals surface area contributed by atoms with E-state index in [1.165, 1.54) is 6.07 Å². The fraction of sp³-hybridized carbons (Fsp3) is 0.176. The number of fused-ring (bicyclic) bond motifs is 1.